The summed E-state index contributed by atoms with van der Waals surface area (Å²) in [6.07, 6.45) is 0.875. The number of piperazine rings is 1. The Kier molecular flexibility index (Phi) is 5.46. The van der Waals surface area contributed by atoms with E-state index in [0.717, 1.165) is 27.7 Å². The zero-order valence-corrected chi connectivity index (χ0v) is 18.7. The average Bonchev–Trinajstić information content (AvgIpc) is 3.22. The SMILES string of the molecule is COc1cccc([C@@H]2c3[nH]c4ccccc4c3C[C@H]3C(=O)N(CCCO)CC(=O)N23)c1OC. The number of methoxy groups -OCH3 is 2. The third-order valence-corrected chi connectivity index (χ3v) is 6.66. The average molecular weight is 450 g/mol. The molecule has 2 amide bonds. The van der Waals surface area contributed by atoms with Gasteiger partial charge in [0.2, 0.25) is 11.8 Å². The molecule has 0 radical (unpaired) electrons. The van der Waals surface area contributed by atoms with Gasteiger partial charge in [-0.2, -0.15) is 0 Å². The van der Waals surface area contributed by atoms with Crippen LogP contribution >= 0.6 is 0 Å². The molecule has 0 spiro atoms. The molecule has 0 saturated carbocycles. The molecule has 0 aliphatic carbocycles. The Bertz CT molecular complexity index is 1220. The Balaban J connectivity index is 1.71. The topological polar surface area (TPSA) is 95.1 Å². The number of fused-ring (bicyclic) bond motifs is 4. The summed E-state index contributed by atoms with van der Waals surface area (Å²) in [4.78, 5) is 33.8. The minimum absolute atomic E-state index is 0.00627. The van der Waals surface area contributed by atoms with E-state index in [1.165, 1.54) is 0 Å². The smallest absolute Gasteiger partial charge is 0.246 e. The molecule has 8 heteroatoms. The van der Waals surface area contributed by atoms with Crippen molar-refractivity contribution in [3.8, 4) is 11.5 Å². The standard InChI is InChI=1S/C25H27N3O5/c1-32-20-10-5-8-16(24(20)33-2)23-22-17(15-7-3-4-9-18(15)26-22)13-19-25(31)27(11-6-12-29)14-21(30)28(19)23/h3-5,7-10,19,23,26,29H,6,11-14H2,1-2H3/t19-,23+/m0/s1. The van der Waals surface area contributed by atoms with Crippen LogP contribution in [0.4, 0.5) is 0 Å². The number of carbonyl (C=O) groups is 2. The maximum Gasteiger partial charge on any atom is 0.246 e. The summed E-state index contributed by atoms with van der Waals surface area (Å²) in [6.45, 7) is 0.329. The van der Waals surface area contributed by atoms with Gasteiger partial charge in [0.05, 0.1) is 20.8 Å². The number of para-hydroxylation sites is 2. The van der Waals surface area contributed by atoms with Gasteiger partial charge in [-0.1, -0.05) is 30.3 Å². The number of amides is 2. The highest BCUT2D eigenvalue weighted by Gasteiger charge is 2.48. The maximum absolute atomic E-state index is 13.5. The second-order valence-electron chi connectivity index (χ2n) is 8.41. The fourth-order valence-electron chi connectivity index (χ4n) is 5.23. The van der Waals surface area contributed by atoms with Crippen molar-refractivity contribution in [1.29, 1.82) is 0 Å². The molecule has 8 nitrogen and oxygen atoms in total. The molecule has 5 rings (SSSR count). The quantitative estimate of drug-likeness (QED) is 0.602. The van der Waals surface area contributed by atoms with Gasteiger partial charge in [0.15, 0.2) is 11.5 Å². The first-order valence-electron chi connectivity index (χ1n) is 11.1. The van der Waals surface area contributed by atoms with Crippen LogP contribution in [0.1, 0.15) is 29.3 Å². The highest BCUT2D eigenvalue weighted by atomic mass is 16.5. The van der Waals surface area contributed by atoms with E-state index in [0.29, 0.717) is 30.9 Å². The van der Waals surface area contributed by atoms with Gasteiger partial charge in [0.25, 0.3) is 0 Å². The molecule has 2 atom stereocenters. The number of benzene rings is 2. The molecule has 2 N–H and O–H groups in total. The number of H-pyrrole nitrogens is 1. The molecule has 3 heterocycles. The number of hydrogen-bond donors (Lipinski definition) is 2. The third-order valence-electron chi connectivity index (χ3n) is 6.66. The number of nitrogens with zero attached hydrogens (tertiary/aromatic N) is 2. The van der Waals surface area contributed by atoms with Crippen molar-refractivity contribution >= 4 is 22.7 Å². The summed E-state index contributed by atoms with van der Waals surface area (Å²) in [6, 6.07) is 12.4. The van der Waals surface area contributed by atoms with E-state index in [4.69, 9.17) is 9.47 Å². The predicted molar refractivity (Wildman–Crippen MR) is 122 cm³/mol. The van der Waals surface area contributed by atoms with Gasteiger partial charge < -0.3 is 29.4 Å². The normalized spacial score (nSPS) is 20.1. The molecule has 1 saturated heterocycles. The van der Waals surface area contributed by atoms with Gasteiger partial charge in [-0.25, -0.2) is 0 Å². The largest absolute Gasteiger partial charge is 0.493 e. The Morgan fingerprint density at radius 1 is 1.09 bits per heavy atom. The monoisotopic (exact) mass is 449 g/mol. The van der Waals surface area contributed by atoms with Gasteiger partial charge in [0, 0.05) is 41.7 Å². The van der Waals surface area contributed by atoms with Crippen LogP contribution in [0.25, 0.3) is 10.9 Å². The zero-order chi connectivity index (χ0) is 23.1. The number of aliphatic hydroxyl groups is 1. The number of ether oxygens (including phenoxy) is 2. The summed E-state index contributed by atoms with van der Waals surface area (Å²) < 4.78 is 11.2. The van der Waals surface area contributed by atoms with E-state index in [-0.39, 0.29) is 25.0 Å². The fraction of sp³-hybridized carbons (Fsp3) is 0.360. The summed E-state index contributed by atoms with van der Waals surface area (Å²) in [5.74, 6) is 0.885. The van der Waals surface area contributed by atoms with Crippen LogP contribution in [0.2, 0.25) is 0 Å². The minimum atomic E-state index is -0.627. The van der Waals surface area contributed by atoms with Gasteiger partial charge in [-0.05, 0) is 24.1 Å². The van der Waals surface area contributed by atoms with Gasteiger partial charge in [0.1, 0.15) is 12.1 Å². The second-order valence-corrected chi connectivity index (χ2v) is 8.41. The maximum atomic E-state index is 13.5. The molecule has 2 aromatic carbocycles. The molecule has 2 aliphatic rings. The molecule has 3 aromatic rings. The number of rotatable bonds is 6. The predicted octanol–water partition coefficient (Wildman–Crippen LogP) is 2.25. The Morgan fingerprint density at radius 3 is 2.67 bits per heavy atom. The first kappa shape index (κ1) is 21.3. The summed E-state index contributed by atoms with van der Waals surface area (Å²) in [7, 11) is 3.15. The van der Waals surface area contributed by atoms with Gasteiger partial charge in [-0.3, -0.25) is 9.59 Å². The molecule has 172 valence electrons. The Morgan fingerprint density at radius 2 is 1.91 bits per heavy atom. The number of carbonyl (C=O) groups excluding carboxylic acids is 2. The van der Waals surface area contributed by atoms with Crippen LogP contribution in [0.15, 0.2) is 42.5 Å². The van der Waals surface area contributed by atoms with E-state index in [9.17, 15) is 14.7 Å². The van der Waals surface area contributed by atoms with Gasteiger partial charge >= 0.3 is 0 Å². The zero-order valence-electron chi connectivity index (χ0n) is 18.7. The van der Waals surface area contributed by atoms with E-state index in [1.54, 1.807) is 24.0 Å². The fourth-order valence-corrected chi connectivity index (χ4v) is 5.23. The van der Waals surface area contributed by atoms with Crippen molar-refractivity contribution in [2.75, 3.05) is 33.9 Å². The van der Waals surface area contributed by atoms with E-state index in [2.05, 4.69) is 4.98 Å². The lowest BCUT2D eigenvalue weighted by Gasteiger charge is -2.47. The van der Waals surface area contributed by atoms with Crippen LogP contribution in [0.5, 0.6) is 11.5 Å². The number of aromatic nitrogens is 1. The molecule has 33 heavy (non-hydrogen) atoms. The van der Waals surface area contributed by atoms with E-state index < -0.39 is 12.1 Å². The number of nitrogens with one attached hydrogen (secondary N) is 1. The van der Waals surface area contributed by atoms with Crippen molar-refractivity contribution in [3.63, 3.8) is 0 Å². The van der Waals surface area contributed by atoms with Crippen LogP contribution in [0, 0.1) is 0 Å². The molecule has 0 unspecified atom stereocenters. The first-order chi connectivity index (χ1) is 16.1. The molecule has 2 aliphatic heterocycles. The lowest BCUT2D eigenvalue weighted by molar-refractivity contribution is -0.158. The summed E-state index contributed by atoms with van der Waals surface area (Å²) in [5, 5.41) is 10.3. The van der Waals surface area contributed by atoms with E-state index >= 15 is 0 Å². The van der Waals surface area contributed by atoms with Crippen molar-refractivity contribution in [1.82, 2.24) is 14.8 Å². The molecular weight excluding hydrogens is 422 g/mol. The molecular formula is C25H27N3O5. The van der Waals surface area contributed by atoms with Crippen molar-refractivity contribution < 1.29 is 24.2 Å². The highest BCUT2D eigenvalue weighted by Crippen LogP contribution is 2.46. The minimum Gasteiger partial charge on any atom is -0.493 e. The third kappa shape index (κ3) is 3.33. The van der Waals surface area contributed by atoms with Crippen LogP contribution in [0.3, 0.4) is 0 Å². The second kappa shape index (κ2) is 8.44. The summed E-state index contributed by atoms with van der Waals surface area (Å²) >= 11 is 0. The van der Waals surface area contributed by atoms with Crippen molar-refractivity contribution in [2.24, 2.45) is 0 Å². The van der Waals surface area contributed by atoms with Crippen molar-refractivity contribution in [2.45, 2.75) is 24.9 Å². The Labute approximate surface area is 191 Å². The molecule has 0 bridgehead atoms. The van der Waals surface area contributed by atoms with Crippen LogP contribution in [-0.4, -0.2) is 71.7 Å². The molecule has 1 fully saturated rings. The summed E-state index contributed by atoms with van der Waals surface area (Å²) in [5.41, 5.74) is 3.65. The van der Waals surface area contributed by atoms with Crippen molar-refractivity contribution in [3.05, 3.63) is 59.3 Å². The number of hydrogen-bond acceptors (Lipinski definition) is 5. The number of aromatic amines is 1. The first-order valence-corrected chi connectivity index (χ1v) is 11.1. The van der Waals surface area contributed by atoms with Gasteiger partial charge in [-0.15, -0.1) is 0 Å². The molecule has 1 aromatic heterocycles. The highest BCUT2D eigenvalue weighted by molar-refractivity contribution is 5.97. The Hall–Kier alpha value is -3.52. The lowest BCUT2D eigenvalue weighted by atomic mass is 9.85. The lowest BCUT2D eigenvalue weighted by Crippen LogP contribution is -2.63. The van der Waals surface area contributed by atoms with Crippen LogP contribution < -0.4 is 9.47 Å². The van der Waals surface area contributed by atoms with E-state index in [1.807, 2.05) is 42.5 Å². The number of aliphatic hydroxyl groups excluding tert-OH is 1. The van der Waals surface area contributed by atoms with Crippen LogP contribution in [-0.2, 0) is 16.0 Å².